The van der Waals surface area contributed by atoms with Crippen LogP contribution in [-0.4, -0.2) is 51.5 Å². The van der Waals surface area contributed by atoms with Gasteiger partial charge in [0.05, 0.1) is 29.2 Å². The molecule has 0 spiro atoms. The molecule has 2 aromatic heterocycles. The van der Waals surface area contributed by atoms with Crippen LogP contribution < -0.4 is 5.32 Å². The lowest BCUT2D eigenvalue weighted by Gasteiger charge is -2.30. The van der Waals surface area contributed by atoms with Gasteiger partial charge in [-0.05, 0) is 32.2 Å². The van der Waals surface area contributed by atoms with Gasteiger partial charge in [0.25, 0.3) is 5.89 Å². The highest BCUT2D eigenvalue weighted by Crippen LogP contribution is 2.26. The van der Waals surface area contributed by atoms with Gasteiger partial charge in [0.15, 0.2) is 5.82 Å². The average Bonchev–Trinajstić information content (AvgIpc) is 3.22. The van der Waals surface area contributed by atoms with E-state index in [4.69, 9.17) is 16.1 Å². The van der Waals surface area contributed by atoms with Crippen molar-refractivity contribution in [3.8, 4) is 17.1 Å². The molecular weight excluding hydrogens is 340 g/mol. The fourth-order valence-corrected chi connectivity index (χ4v) is 3.25. The molecule has 0 aliphatic carbocycles. The summed E-state index contributed by atoms with van der Waals surface area (Å²) in [6.07, 6.45) is 1.75. The summed E-state index contributed by atoms with van der Waals surface area (Å²) in [4.78, 5) is 6.83. The number of piperazine rings is 1. The molecule has 4 rings (SSSR count). The zero-order valence-corrected chi connectivity index (χ0v) is 14.9. The molecule has 8 heteroatoms. The minimum atomic E-state index is 0.120. The van der Waals surface area contributed by atoms with Crippen LogP contribution in [0.1, 0.15) is 17.6 Å². The van der Waals surface area contributed by atoms with Crippen molar-refractivity contribution in [2.45, 2.75) is 13.0 Å². The summed E-state index contributed by atoms with van der Waals surface area (Å²) in [5.41, 5.74) is 2.64. The van der Waals surface area contributed by atoms with Gasteiger partial charge in [0.2, 0.25) is 0 Å². The predicted octanol–water partition coefficient (Wildman–Crippen LogP) is 2.46. The largest absolute Gasteiger partial charge is 0.334 e. The summed E-state index contributed by atoms with van der Waals surface area (Å²) in [5.74, 6) is 1.18. The van der Waals surface area contributed by atoms with Crippen LogP contribution in [0.2, 0.25) is 5.02 Å². The summed E-state index contributed by atoms with van der Waals surface area (Å²) in [6, 6.07) is 7.68. The average molecular weight is 359 g/mol. The molecule has 3 heterocycles. The number of likely N-dealkylation sites (N-methyl/N-ethyl adjacent to an activating group) is 1. The Morgan fingerprint density at radius 1 is 1.36 bits per heavy atom. The van der Waals surface area contributed by atoms with E-state index in [1.807, 2.05) is 35.9 Å². The van der Waals surface area contributed by atoms with Gasteiger partial charge in [-0.2, -0.15) is 10.1 Å². The van der Waals surface area contributed by atoms with E-state index in [2.05, 4.69) is 32.5 Å². The van der Waals surface area contributed by atoms with Crippen LogP contribution >= 0.6 is 11.6 Å². The minimum Gasteiger partial charge on any atom is -0.334 e. The van der Waals surface area contributed by atoms with Gasteiger partial charge in [0.1, 0.15) is 0 Å². The zero-order valence-electron chi connectivity index (χ0n) is 14.1. The molecule has 1 saturated heterocycles. The molecule has 1 unspecified atom stereocenters. The monoisotopic (exact) mass is 358 g/mol. The van der Waals surface area contributed by atoms with Crippen molar-refractivity contribution in [3.63, 3.8) is 0 Å². The van der Waals surface area contributed by atoms with Crippen LogP contribution in [0.3, 0.4) is 0 Å². The molecule has 1 atom stereocenters. The Morgan fingerprint density at radius 3 is 3.04 bits per heavy atom. The van der Waals surface area contributed by atoms with Crippen molar-refractivity contribution < 1.29 is 4.52 Å². The summed E-state index contributed by atoms with van der Waals surface area (Å²) >= 11 is 6.08. The molecule has 0 amide bonds. The molecule has 1 aromatic carbocycles. The van der Waals surface area contributed by atoms with Gasteiger partial charge in [-0.25, -0.2) is 4.68 Å². The maximum atomic E-state index is 6.08. The second-order valence-corrected chi connectivity index (χ2v) is 6.63. The SMILES string of the molecule is Cc1c(-c2nc(C3CNCCN3C)no2)cnn1-c1cccc(Cl)c1. The highest BCUT2D eigenvalue weighted by molar-refractivity contribution is 6.30. The molecule has 1 N–H and O–H groups in total. The van der Waals surface area contributed by atoms with E-state index in [-0.39, 0.29) is 6.04 Å². The Labute approximate surface area is 150 Å². The van der Waals surface area contributed by atoms with Gasteiger partial charge < -0.3 is 9.84 Å². The minimum absolute atomic E-state index is 0.120. The summed E-state index contributed by atoms with van der Waals surface area (Å²) in [6.45, 7) is 4.72. The van der Waals surface area contributed by atoms with Gasteiger partial charge >= 0.3 is 0 Å². The van der Waals surface area contributed by atoms with Gasteiger partial charge in [-0.3, -0.25) is 4.90 Å². The topological polar surface area (TPSA) is 72.0 Å². The number of rotatable bonds is 3. The smallest absolute Gasteiger partial charge is 0.261 e. The molecule has 7 nitrogen and oxygen atoms in total. The number of hydrogen-bond donors (Lipinski definition) is 1. The second kappa shape index (κ2) is 6.59. The molecule has 1 aliphatic heterocycles. The fourth-order valence-electron chi connectivity index (χ4n) is 3.06. The molecule has 130 valence electrons. The second-order valence-electron chi connectivity index (χ2n) is 6.19. The lowest BCUT2D eigenvalue weighted by atomic mass is 10.2. The number of nitrogens with one attached hydrogen (secondary N) is 1. The molecule has 0 bridgehead atoms. The third-order valence-corrected chi connectivity index (χ3v) is 4.78. The van der Waals surface area contributed by atoms with Crippen LogP contribution in [0, 0.1) is 6.92 Å². The molecule has 0 saturated carbocycles. The van der Waals surface area contributed by atoms with Crippen molar-refractivity contribution in [1.29, 1.82) is 0 Å². The van der Waals surface area contributed by atoms with Crippen molar-refractivity contribution in [3.05, 3.63) is 47.0 Å². The van der Waals surface area contributed by atoms with Gasteiger partial charge in [-0.1, -0.05) is 22.8 Å². The summed E-state index contributed by atoms with van der Waals surface area (Å²) in [5, 5.41) is 12.7. The van der Waals surface area contributed by atoms with Crippen LogP contribution in [0.25, 0.3) is 17.1 Å². The number of benzene rings is 1. The first-order valence-electron chi connectivity index (χ1n) is 8.19. The number of aromatic nitrogens is 4. The standard InChI is InChI=1S/C17H19ClN6O/c1-11-14(9-20-24(11)13-5-3-4-12(18)8-13)17-21-16(22-25-17)15-10-19-6-7-23(15)2/h3-5,8-9,15,19H,6-7,10H2,1-2H3. The third kappa shape index (κ3) is 3.06. The maximum absolute atomic E-state index is 6.08. The Bertz CT molecular complexity index is 889. The van der Waals surface area contributed by atoms with E-state index in [1.165, 1.54) is 0 Å². The maximum Gasteiger partial charge on any atom is 0.261 e. The van der Waals surface area contributed by atoms with E-state index in [0.29, 0.717) is 16.7 Å². The molecular formula is C17H19ClN6O. The first kappa shape index (κ1) is 16.3. The first-order valence-corrected chi connectivity index (χ1v) is 8.57. The summed E-state index contributed by atoms with van der Waals surface area (Å²) < 4.78 is 7.33. The molecule has 3 aromatic rings. The Morgan fingerprint density at radius 2 is 2.24 bits per heavy atom. The van der Waals surface area contributed by atoms with Crippen molar-refractivity contribution >= 4 is 11.6 Å². The number of halogens is 1. The van der Waals surface area contributed by atoms with Crippen LogP contribution in [-0.2, 0) is 0 Å². The molecule has 1 fully saturated rings. The van der Waals surface area contributed by atoms with Crippen molar-refractivity contribution in [2.24, 2.45) is 0 Å². The summed E-state index contributed by atoms with van der Waals surface area (Å²) in [7, 11) is 2.07. The van der Waals surface area contributed by atoms with Gasteiger partial charge in [0, 0.05) is 24.7 Å². The van der Waals surface area contributed by atoms with Crippen molar-refractivity contribution in [1.82, 2.24) is 30.1 Å². The molecule has 25 heavy (non-hydrogen) atoms. The molecule has 0 radical (unpaired) electrons. The van der Waals surface area contributed by atoms with E-state index in [9.17, 15) is 0 Å². The Hall–Kier alpha value is -2.22. The fraction of sp³-hybridized carbons (Fsp3) is 0.353. The quantitative estimate of drug-likeness (QED) is 0.775. The van der Waals surface area contributed by atoms with Crippen LogP contribution in [0.5, 0.6) is 0 Å². The Balaban J connectivity index is 1.65. The third-order valence-electron chi connectivity index (χ3n) is 4.54. The number of nitrogens with zero attached hydrogens (tertiary/aromatic N) is 5. The highest BCUT2D eigenvalue weighted by Gasteiger charge is 2.26. The molecule has 1 aliphatic rings. The zero-order chi connectivity index (χ0) is 17.4. The normalized spacial score (nSPS) is 18.6. The van der Waals surface area contributed by atoms with Gasteiger partial charge in [-0.15, -0.1) is 0 Å². The van der Waals surface area contributed by atoms with Crippen molar-refractivity contribution in [2.75, 3.05) is 26.7 Å². The first-order chi connectivity index (χ1) is 12.1. The lowest BCUT2D eigenvalue weighted by Crippen LogP contribution is -2.44. The lowest BCUT2D eigenvalue weighted by molar-refractivity contribution is 0.190. The van der Waals surface area contributed by atoms with Crippen LogP contribution in [0.15, 0.2) is 35.0 Å². The van der Waals surface area contributed by atoms with E-state index in [1.54, 1.807) is 6.20 Å². The predicted molar refractivity (Wildman–Crippen MR) is 94.8 cm³/mol. The van der Waals surface area contributed by atoms with E-state index in [0.717, 1.165) is 36.6 Å². The van der Waals surface area contributed by atoms with E-state index >= 15 is 0 Å². The Kier molecular flexibility index (Phi) is 4.29. The van der Waals surface area contributed by atoms with Crippen LogP contribution in [0.4, 0.5) is 0 Å². The number of hydrogen-bond acceptors (Lipinski definition) is 6. The van der Waals surface area contributed by atoms with E-state index < -0.39 is 0 Å². The highest BCUT2D eigenvalue weighted by atomic mass is 35.5.